The standard InChI is InChI=1S/C24H24N2O3/c1-3-29-20-15-13-19(14-16-20)23(27)26-22-12-8-7-11-21(22)24(28)25-17(2)18-9-5-4-6-10-18/h4-17H,3H2,1-2H3,(H,25,28)(H,26,27)/t17-/m1/s1. The van der Waals surface area contributed by atoms with Gasteiger partial charge in [0.1, 0.15) is 5.75 Å². The van der Waals surface area contributed by atoms with Gasteiger partial charge in [0.05, 0.1) is 23.9 Å². The fourth-order valence-electron chi connectivity index (χ4n) is 2.95. The van der Waals surface area contributed by atoms with E-state index in [1.807, 2.05) is 44.2 Å². The van der Waals surface area contributed by atoms with E-state index in [-0.39, 0.29) is 17.9 Å². The van der Waals surface area contributed by atoms with E-state index < -0.39 is 0 Å². The highest BCUT2D eigenvalue weighted by atomic mass is 16.5. The van der Waals surface area contributed by atoms with Crippen molar-refractivity contribution in [1.82, 2.24) is 5.32 Å². The quantitative estimate of drug-likeness (QED) is 0.609. The van der Waals surface area contributed by atoms with Crippen LogP contribution in [0, 0.1) is 0 Å². The van der Waals surface area contributed by atoms with E-state index in [4.69, 9.17) is 4.74 Å². The molecule has 1 atom stereocenters. The van der Waals surface area contributed by atoms with Gasteiger partial charge in [-0.1, -0.05) is 42.5 Å². The highest BCUT2D eigenvalue weighted by Gasteiger charge is 2.16. The number of carbonyl (C=O) groups excluding carboxylic acids is 2. The Morgan fingerprint density at radius 3 is 2.21 bits per heavy atom. The van der Waals surface area contributed by atoms with Crippen molar-refractivity contribution < 1.29 is 14.3 Å². The zero-order valence-corrected chi connectivity index (χ0v) is 16.5. The molecule has 2 N–H and O–H groups in total. The molecular weight excluding hydrogens is 364 g/mol. The third-order valence-electron chi connectivity index (χ3n) is 4.49. The summed E-state index contributed by atoms with van der Waals surface area (Å²) in [5.74, 6) is 0.173. The molecule has 0 saturated carbocycles. The summed E-state index contributed by atoms with van der Waals surface area (Å²) in [6.07, 6.45) is 0. The van der Waals surface area contributed by atoms with Crippen LogP contribution in [-0.2, 0) is 0 Å². The molecule has 0 aliphatic rings. The molecule has 3 rings (SSSR count). The van der Waals surface area contributed by atoms with Crippen molar-refractivity contribution in [3.8, 4) is 5.75 Å². The van der Waals surface area contributed by atoms with Gasteiger partial charge in [-0.15, -0.1) is 0 Å². The van der Waals surface area contributed by atoms with Gasteiger partial charge >= 0.3 is 0 Å². The first-order valence-electron chi connectivity index (χ1n) is 9.57. The molecule has 3 aromatic rings. The van der Waals surface area contributed by atoms with Crippen LogP contribution in [0.4, 0.5) is 5.69 Å². The van der Waals surface area contributed by atoms with Crippen LogP contribution in [0.1, 0.15) is 46.2 Å². The predicted octanol–water partition coefficient (Wildman–Crippen LogP) is 4.83. The Hall–Kier alpha value is -3.60. The zero-order chi connectivity index (χ0) is 20.6. The molecule has 148 valence electrons. The molecule has 0 aliphatic heterocycles. The normalized spacial score (nSPS) is 11.4. The van der Waals surface area contributed by atoms with Gasteiger partial charge in [-0.25, -0.2) is 0 Å². The summed E-state index contributed by atoms with van der Waals surface area (Å²) < 4.78 is 5.40. The second-order valence-corrected chi connectivity index (χ2v) is 6.56. The maximum Gasteiger partial charge on any atom is 0.255 e. The van der Waals surface area contributed by atoms with Gasteiger partial charge < -0.3 is 15.4 Å². The van der Waals surface area contributed by atoms with Crippen molar-refractivity contribution in [3.63, 3.8) is 0 Å². The van der Waals surface area contributed by atoms with Crippen molar-refractivity contribution in [2.24, 2.45) is 0 Å². The maximum absolute atomic E-state index is 12.8. The van der Waals surface area contributed by atoms with Crippen molar-refractivity contribution in [2.75, 3.05) is 11.9 Å². The lowest BCUT2D eigenvalue weighted by Crippen LogP contribution is -2.28. The molecule has 29 heavy (non-hydrogen) atoms. The third-order valence-corrected chi connectivity index (χ3v) is 4.49. The van der Waals surface area contributed by atoms with E-state index >= 15 is 0 Å². The van der Waals surface area contributed by atoms with E-state index in [1.54, 1.807) is 48.5 Å². The molecule has 5 heteroatoms. The predicted molar refractivity (Wildman–Crippen MR) is 114 cm³/mol. The van der Waals surface area contributed by atoms with Gasteiger partial charge in [0.15, 0.2) is 0 Å². The number of benzene rings is 3. The monoisotopic (exact) mass is 388 g/mol. The summed E-state index contributed by atoms with van der Waals surface area (Å²) in [5, 5.41) is 5.81. The number of hydrogen-bond donors (Lipinski definition) is 2. The summed E-state index contributed by atoms with van der Waals surface area (Å²) in [6, 6.07) is 23.4. The first-order chi connectivity index (χ1) is 14.1. The lowest BCUT2D eigenvalue weighted by atomic mass is 10.1. The summed E-state index contributed by atoms with van der Waals surface area (Å²) >= 11 is 0. The van der Waals surface area contributed by atoms with E-state index in [2.05, 4.69) is 10.6 Å². The lowest BCUT2D eigenvalue weighted by Gasteiger charge is -2.16. The van der Waals surface area contributed by atoms with Gasteiger partial charge in [0, 0.05) is 5.56 Å². The highest BCUT2D eigenvalue weighted by molar-refractivity contribution is 6.09. The molecule has 0 radical (unpaired) electrons. The summed E-state index contributed by atoms with van der Waals surface area (Å²) in [7, 11) is 0. The van der Waals surface area contributed by atoms with Crippen LogP contribution in [0.2, 0.25) is 0 Å². The number of para-hydroxylation sites is 1. The molecule has 3 aromatic carbocycles. The van der Waals surface area contributed by atoms with Crippen LogP contribution < -0.4 is 15.4 Å². The van der Waals surface area contributed by atoms with Crippen molar-refractivity contribution in [2.45, 2.75) is 19.9 Å². The number of carbonyl (C=O) groups is 2. The minimum atomic E-state index is -0.288. The topological polar surface area (TPSA) is 67.4 Å². The fourth-order valence-corrected chi connectivity index (χ4v) is 2.95. The molecular formula is C24H24N2O3. The second kappa shape index (κ2) is 9.55. The molecule has 0 spiro atoms. The summed E-state index contributed by atoms with van der Waals surface area (Å²) in [6.45, 7) is 4.39. The first kappa shape index (κ1) is 20.1. The first-order valence-corrected chi connectivity index (χ1v) is 9.57. The fraction of sp³-hybridized carbons (Fsp3) is 0.167. The van der Waals surface area contributed by atoms with Gasteiger partial charge in [0.25, 0.3) is 11.8 Å². The third kappa shape index (κ3) is 5.23. The number of amides is 2. The van der Waals surface area contributed by atoms with Crippen LogP contribution >= 0.6 is 0 Å². The molecule has 0 fully saturated rings. The largest absolute Gasteiger partial charge is 0.494 e. The molecule has 0 unspecified atom stereocenters. The Bertz CT molecular complexity index is 969. The number of ether oxygens (including phenoxy) is 1. The summed E-state index contributed by atoms with van der Waals surface area (Å²) in [5.41, 5.74) is 2.37. The van der Waals surface area contributed by atoms with E-state index in [1.165, 1.54) is 0 Å². The van der Waals surface area contributed by atoms with Gasteiger partial charge in [-0.2, -0.15) is 0 Å². The number of anilines is 1. The molecule has 0 aliphatic carbocycles. The lowest BCUT2D eigenvalue weighted by molar-refractivity contribution is 0.0941. The minimum Gasteiger partial charge on any atom is -0.494 e. The van der Waals surface area contributed by atoms with Gasteiger partial charge in [-0.05, 0) is 55.8 Å². The van der Waals surface area contributed by atoms with E-state index in [0.29, 0.717) is 29.2 Å². The van der Waals surface area contributed by atoms with Crippen LogP contribution in [0.15, 0.2) is 78.9 Å². The van der Waals surface area contributed by atoms with E-state index in [9.17, 15) is 9.59 Å². The molecule has 0 bridgehead atoms. The number of hydrogen-bond acceptors (Lipinski definition) is 3. The van der Waals surface area contributed by atoms with Crippen molar-refractivity contribution in [3.05, 3.63) is 95.6 Å². The van der Waals surface area contributed by atoms with E-state index in [0.717, 1.165) is 5.56 Å². The Morgan fingerprint density at radius 1 is 0.862 bits per heavy atom. The molecule has 0 heterocycles. The molecule has 0 saturated heterocycles. The van der Waals surface area contributed by atoms with Crippen LogP contribution in [0.25, 0.3) is 0 Å². The Balaban J connectivity index is 1.72. The van der Waals surface area contributed by atoms with Gasteiger partial charge in [0.2, 0.25) is 0 Å². The number of rotatable bonds is 7. The minimum absolute atomic E-state index is 0.154. The molecule has 0 aromatic heterocycles. The van der Waals surface area contributed by atoms with Crippen LogP contribution in [0.5, 0.6) is 5.75 Å². The SMILES string of the molecule is CCOc1ccc(C(=O)Nc2ccccc2C(=O)N[C@H](C)c2ccccc2)cc1. The van der Waals surface area contributed by atoms with Crippen molar-refractivity contribution >= 4 is 17.5 Å². The average molecular weight is 388 g/mol. The van der Waals surface area contributed by atoms with Gasteiger partial charge in [-0.3, -0.25) is 9.59 Å². The average Bonchev–Trinajstić information content (AvgIpc) is 2.75. The second-order valence-electron chi connectivity index (χ2n) is 6.56. The smallest absolute Gasteiger partial charge is 0.255 e. The highest BCUT2D eigenvalue weighted by Crippen LogP contribution is 2.19. The zero-order valence-electron chi connectivity index (χ0n) is 16.5. The van der Waals surface area contributed by atoms with Crippen LogP contribution in [-0.4, -0.2) is 18.4 Å². The molecule has 5 nitrogen and oxygen atoms in total. The Labute approximate surface area is 170 Å². The molecule has 2 amide bonds. The summed E-state index contributed by atoms with van der Waals surface area (Å²) in [4.78, 5) is 25.4. The Kier molecular flexibility index (Phi) is 6.63. The Morgan fingerprint density at radius 2 is 1.52 bits per heavy atom. The van der Waals surface area contributed by atoms with Crippen LogP contribution in [0.3, 0.4) is 0 Å². The maximum atomic E-state index is 12.8. The van der Waals surface area contributed by atoms with Crippen molar-refractivity contribution in [1.29, 1.82) is 0 Å². The number of nitrogens with one attached hydrogen (secondary N) is 2.